The van der Waals surface area contributed by atoms with Crippen LogP contribution in [0.4, 0.5) is 21.5 Å². The van der Waals surface area contributed by atoms with Gasteiger partial charge >= 0.3 is 0 Å². The molecule has 0 aliphatic heterocycles. The topological polar surface area (TPSA) is 38.0 Å². The number of nitrogen functional groups attached to an aromatic ring is 1. The van der Waals surface area contributed by atoms with E-state index in [1.807, 2.05) is 13.8 Å². The normalized spacial score (nSPS) is 10.6. The summed E-state index contributed by atoms with van der Waals surface area (Å²) in [5.74, 6) is -0.313. The Labute approximate surface area is 124 Å². The average Bonchev–Trinajstić information content (AvgIpc) is 2.32. The number of nitrogens with one attached hydrogen (secondary N) is 1. The van der Waals surface area contributed by atoms with Gasteiger partial charge in [-0.3, -0.25) is 0 Å². The Balaban J connectivity index is 2.42. The Morgan fingerprint density at radius 1 is 1.11 bits per heavy atom. The van der Waals surface area contributed by atoms with E-state index in [0.717, 1.165) is 16.8 Å². The number of anilines is 3. The molecule has 0 aliphatic rings. The zero-order chi connectivity index (χ0) is 14.2. The molecule has 0 spiro atoms. The van der Waals surface area contributed by atoms with E-state index in [9.17, 15) is 4.39 Å². The minimum atomic E-state index is -0.313. The maximum Gasteiger partial charge on any atom is 0.139 e. The van der Waals surface area contributed by atoms with Crippen molar-refractivity contribution in [2.75, 3.05) is 11.1 Å². The van der Waals surface area contributed by atoms with Gasteiger partial charge in [0.25, 0.3) is 0 Å². The van der Waals surface area contributed by atoms with Crippen LogP contribution in [0.3, 0.4) is 0 Å². The first kappa shape index (κ1) is 14.2. The smallest absolute Gasteiger partial charge is 0.139 e. The number of nitrogens with two attached hydrogens (primary N) is 1. The van der Waals surface area contributed by atoms with Crippen molar-refractivity contribution in [2.24, 2.45) is 0 Å². The molecule has 0 amide bonds. The monoisotopic (exact) mass is 342 g/mol. The van der Waals surface area contributed by atoms with Crippen molar-refractivity contribution in [3.05, 3.63) is 50.7 Å². The second kappa shape index (κ2) is 5.39. The fourth-order valence-corrected chi connectivity index (χ4v) is 2.39. The van der Waals surface area contributed by atoms with Crippen molar-refractivity contribution in [2.45, 2.75) is 13.8 Å². The summed E-state index contributed by atoms with van der Waals surface area (Å²) in [5.41, 5.74) is 9.65. The maximum absolute atomic E-state index is 13.6. The quantitative estimate of drug-likeness (QED) is 0.737. The van der Waals surface area contributed by atoms with Gasteiger partial charge in [0, 0.05) is 11.4 Å². The van der Waals surface area contributed by atoms with Gasteiger partial charge < -0.3 is 11.1 Å². The molecular formula is C14H13BrClFN2. The van der Waals surface area contributed by atoms with Gasteiger partial charge in [0.1, 0.15) is 5.82 Å². The Kier molecular flexibility index (Phi) is 4.02. The lowest BCUT2D eigenvalue weighted by molar-refractivity contribution is 0.621. The van der Waals surface area contributed by atoms with Crippen LogP contribution in [0.25, 0.3) is 0 Å². The first-order valence-electron chi connectivity index (χ1n) is 5.67. The Hall–Kier alpha value is -1.26. The molecule has 0 saturated heterocycles. The van der Waals surface area contributed by atoms with Crippen LogP contribution < -0.4 is 11.1 Å². The van der Waals surface area contributed by atoms with Crippen molar-refractivity contribution < 1.29 is 4.39 Å². The number of hydrogen-bond donors (Lipinski definition) is 2. The predicted molar refractivity (Wildman–Crippen MR) is 82.7 cm³/mol. The molecule has 0 bridgehead atoms. The van der Waals surface area contributed by atoms with Crippen molar-refractivity contribution in [1.82, 2.24) is 0 Å². The van der Waals surface area contributed by atoms with Gasteiger partial charge in [-0.15, -0.1) is 0 Å². The maximum atomic E-state index is 13.6. The van der Waals surface area contributed by atoms with Crippen LogP contribution in [0, 0.1) is 19.7 Å². The van der Waals surface area contributed by atoms with E-state index < -0.39 is 0 Å². The lowest BCUT2D eigenvalue weighted by atomic mass is 10.1. The summed E-state index contributed by atoms with van der Waals surface area (Å²) in [6.07, 6.45) is 0. The predicted octanol–water partition coefficient (Wildman–Crippen LogP) is 5.18. The SMILES string of the molecule is Cc1cc(Br)c(F)cc1Nc1cc(Cl)c(N)cc1C. The molecule has 2 aromatic rings. The third kappa shape index (κ3) is 3.01. The first-order chi connectivity index (χ1) is 8.88. The van der Waals surface area contributed by atoms with Crippen LogP contribution >= 0.6 is 27.5 Å². The van der Waals surface area contributed by atoms with Crippen LogP contribution in [-0.4, -0.2) is 0 Å². The minimum Gasteiger partial charge on any atom is -0.398 e. The zero-order valence-electron chi connectivity index (χ0n) is 10.5. The summed E-state index contributed by atoms with van der Waals surface area (Å²) in [4.78, 5) is 0. The standard InChI is InChI=1S/C14H13BrClFN2/c1-7-3-9(15)11(17)6-14(7)19-13-5-10(16)12(18)4-8(13)2/h3-6,19H,18H2,1-2H3. The highest BCUT2D eigenvalue weighted by Crippen LogP contribution is 2.31. The molecule has 5 heteroatoms. The fourth-order valence-electron chi connectivity index (χ4n) is 1.76. The summed E-state index contributed by atoms with van der Waals surface area (Å²) in [7, 11) is 0. The van der Waals surface area contributed by atoms with Gasteiger partial charge in [-0.1, -0.05) is 11.6 Å². The molecule has 0 aromatic heterocycles. The molecule has 2 aromatic carbocycles. The van der Waals surface area contributed by atoms with Gasteiger partial charge in [-0.05, 0) is 65.2 Å². The lowest BCUT2D eigenvalue weighted by Crippen LogP contribution is -1.98. The molecule has 0 atom stereocenters. The molecule has 3 N–H and O–H groups in total. The minimum absolute atomic E-state index is 0.313. The Morgan fingerprint density at radius 2 is 1.68 bits per heavy atom. The van der Waals surface area contributed by atoms with E-state index in [1.54, 1.807) is 18.2 Å². The summed E-state index contributed by atoms with van der Waals surface area (Å²) >= 11 is 9.16. The summed E-state index contributed by atoms with van der Waals surface area (Å²) < 4.78 is 14.0. The number of hydrogen-bond acceptors (Lipinski definition) is 2. The molecular weight excluding hydrogens is 331 g/mol. The van der Waals surface area contributed by atoms with E-state index in [2.05, 4.69) is 21.2 Å². The van der Waals surface area contributed by atoms with E-state index in [4.69, 9.17) is 17.3 Å². The van der Waals surface area contributed by atoms with E-state index in [-0.39, 0.29) is 5.82 Å². The van der Waals surface area contributed by atoms with Crippen LogP contribution in [0.15, 0.2) is 28.7 Å². The molecule has 100 valence electrons. The van der Waals surface area contributed by atoms with Crippen molar-refractivity contribution in [1.29, 1.82) is 0 Å². The molecule has 19 heavy (non-hydrogen) atoms. The highest BCUT2D eigenvalue weighted by atomic mass is 79.9. The lowest BCUT2D eigenvalue weighted by Gasteiger charge is -2.14. The summed E-state index contributed by atoms with van der Waals surface area (Å²) in [6.45, 7) is 3.82. The van der Waals surface area contributed by atoms with E-state index in [0.29, 0.717) is 20.9 Å². The van der Waals surface area contributed by atoms with Crippen LogP contribution in [0.1, 0.15) is 11.1 Å². The van der Waals surface area contributed by atoms with Gasteiger partial charge in [0.05, 0.1) is 15.2 Å². The molecule has 0 unspecified atom stereocenters. The van der Waals surface area contributed by atoms with E-state index >= 15 is 0 Å². The Bertz CT molecular complexity index is 588. The highest BCUT2D eigenvalue weighted by Gasteiger charge is 2.08. The molecule has 0 aliphatic carbocycles. The summed E-state index contributed by atoms with van der Waals surface area (Å²) in [5, 5.41) is 3.65. The third-order valence-electron chi connectivity index (χ3n) is 2.88. The molecule has 2 nitrogen and oxygen atoms in total. The van der Waals surface area contributed by atoms with Crippen molar-refractivity contribution in [3.8, 4) is 0 Å². The highest BCUT2D eigenvalue weighted by molar-refractivity contribution is 9.10. The molecule has 0 radical (unpaired) electrons. The number of aryl methyl sites for hydroxylation is 2. The molecule has 2 rings (SSSR count). The number of halogens is 3. The van der Waals surface area contributed by atoms with Gasteiger partial charge in [0.2, 0.25) is 0 Å². The second-order valence-corrected chi connectivity index (χ2v) is 5.66. The second-order valence-electron chi connectivity index (χ2n) is 4.39. The number of benzene rings is 2. The van der Waals surface area contributed by atoms with Crippen LogP contribution in [0.2, 0.25) is 5.02 Å². The van der Waals surface area contributed by atoms with Gasteiger partial charge in [-0.25, -0.2) is 4.39 Å². The Morgan fingerprint density at radius 3 is 2.37 bits per heavy atom. The molecule has 0 saturated carbocycles. The third-order valence-corrected chi connectivity index (χ3v) is 3.82. The van der Waals surface area contributed by atoms with Gasteiger partial charge in [0.15, 0.2) is 0 Å². The summed E-state index contributed by atoms with van der Waals surface area (Å²) in [6, 6.07) is 6.70. The first-order valence-corrected chi connectivity index (χ1v) is 6.84. The molecule has 0 fully saturated rings. The van der Waals surface area contributed by atoms with Crippen LogP contribution in [-0.2, 0) is 0 Å². The van der Waals surface area contributed by atoms with E-state index in [1.165, 1.54) is 6.07 Å². The number of rotatable bonds is 2. The zero-order valence-corrected chi connectivity index (χ0v) is 12.9. The average molecular weight is 344 g/mol. The van der Waals surface area contributed by atoms with Crippen molar-refractivity contribution in [3.63, 3.8) is 0 Å². The van der Waals surface area contributed by atoms with Gasteiger partial charge in [-0.2, -0.15) is 0 Å². The van der Waals surface area contributed by atoms with Crippen molar-refractivity contribution >= 4 is 44.6 Å². The fraction of sp³-hybridized carbons (Fsp3) is 0.143. The van der Waals surface area contributed by atoms with Crippen LogP contribution in [0.5, 0.6) is 0 Å². The largest absolute Gasteiger partial charge is 0.398 e. The molecule has 0 heterocycles.